The molecular weight excluding hydrogens is 310 g/mol. The highest BCUT2D eigenvalue weighted by Gasteiger charge is 2.13. The Hall–Kier alpha value is -2.33. The van der Waals surface area contributed by atoms with Crippen LogP contribution in [0.4, 0.5) is 5.69 Å². The number of carbonyl (C=O) groups is 1. The van der Waals surface area contributed by atoms with E-state index in [1.165, 1.54) is 5.56 Å². The summed E-state index contributed by atoms with van der Waals surface area (Å²) in [6.07, 6.45) is 0. The molecule has 4 nitrogen and oxygen atoms in total. The number of nitrogens with one attached hydrogen (secondary N) is 3. The van der Waals surface area contributed by atoms with E-state index >= 15 is 0 Å². The van der Waals surface area contributed by atoms with Gasteiger partial charge in [0, 0.05) is 16.3 Å². The van der Waals surface area contributed by atoms with Gasteiger partial charge in [-0.2, -0.15) is 0 Å². The number of benzene rings is 2. The van der Waals surface area contributed by atoms with Crippen molar-refractivity contribution in [3.05, 3.63) is 64.7 Å². The molecule has 0 fully saturated rings. The topological polar surface area (TPSA) is 65.0 Å². The van der Waals surface area contributed by atoms with Gasteiger partial charge in [0.25, 0.3) is 5.91 Å². The molecule has 0 aliphatic carbocycles. The van der Waals surface area contributed by atoms with Crippen LogP contribution in [0.5, 0.6) is 0 Å². The highest BCUT2D eigenvalue weighted by Crippen LogP contribution is 2.23. The molecule has 0 bridgehead atoms. The zero-order chi connectivity index (χ0) is 17.0. The van der Waals surface area contributed by atoms with Crippen LogP contribution < -0.4 is 10.6 Å². The summed E-state index contributed by atoms with van der Waals surface area (Å²) in [6.45, 7) is 6.43. The van der Waals surface area contributed by atoms with Gasteiger partial charge in [-0.25, -0.2) is 0 Å². The van der Waals surface area contributed by atoms with E-state index in [-0.39, 0.29) is 17.3 Å². The van der Waals surface area contributed by atoms with E-state index < -0.39 is 0 Å². The third-order valence-electron chi connectivity index (χ3n) is 3.37. The lowest BCUT2D eigenvalue weighted by atomic mass is 9.87. The normalized spacial score (nSPS) is 11.0. The van der Waals surface area contributed by atoms with Crippen molar-refractivity contribution in [3.8, 4) is 0 Å². The number of halogens is 1. The van der Waals surface area contributed by atoms with Crippen LogP contribution in [0.2, 0.25) is 5.02 Å². The van der Waals surface area contributed by atoms with Crippen molar-refractivity contribution >= 4 is 29.2 Å². The van der Waals surface area contributed by atoms with Crippen molar-refractivity contribution in [3.63, 3.8) is 0 Å². The molecule has 0 aliphatic rings. The van der Waals surface area contributed by atoms with E-state index in [0.717, 1.165) is 5.69 Å². The standard InChI is InChI=1S/C18H20ClN3O/c1-18(2,3)13-6-10-15(11-7-13)21-17(20)22-16(23)12-4-8-14(19)9-5-12/h4-11H,1-3H3,(H3,20,21,22,23). The van der Waals surface area contributed by atoms with Gasteiger partial charge in [-0.1, -0.05) is 44.5 Å². The summed E-state index contributed by atoms with van der Waals surface area (Å²) in [5.41, 5.74) is 2.48. The molecule has 0 saturated carbocycles. The first-order valence-corrected chi connectivity index (χ1v) is 7.66. The first-order valence-electron chi connectivity index (χ1n) is 7.29. The first kappa shape index (κ1) is 17.0. The number of anilines is 1. The van der Waals surface area contributed by atoms with Crippen molar-refractivity contribution in [1.82, 2.24) is 5.32 Å². The third-order valence-corrected chi connectivity index (χ3v) is 3.62. The molecule has 0 aromatic heterocycles. The lowest BCUT2D eigenvalue weighted by molar-refractivity contribution is 0.0977. The van der Waals surface area contributed by atoms with Gasteiger partial charge >= 0.3 is 0 Å². The maximum Gasteiger partial charge on any atom is 0.257 e. The minimum absolute atomic E-state index is 0.0755. The van der Waals surface area contributed by atoms with Crippen molar-refractivity contribution in [2.24, 2.45) is 0 Å². The Balaban J connectivity index is 1.96. The van der Waals surface area contributed by atoms with Crippen molar-refractivity contribution in [2.45, 2.75) is 26.2 Å². The van der Waals surface area contributed by atoms with Gasteiger partial charge in [0.1, 0.15) is 0 Å². The molecule has 120 valence electrons. The van der Waals surface area contributed by atoms with Crippen LogP contribution >= 0.6 is 11.6 Å². The van der Waals surface area contributed by atoms with Crippen LogP contribution in [-0.2, 0) is 5.41 Å². The number of guanidine groups is 1. The number of rotatable bonds is 2. The molecular formula is C18H20ClN3O. The second-order valence-corrected chi connectivity index (χ2v) is 6.72. The van der Waals surface area contributed by atoms with Crippen LogP contribution in [-0.4, -0.2) is 11.9 Å². The number of amides is 1. The highest BCUT2D eigenvalue weighted by atomic mass is 35.5. The van der Waals surface area contributed by atoms with E-state index in [4.69, 9.17) is 17.0 Å². The van der Waals surface area contributed by atoms with Crippen LogP contribution in [0.25, 0.3) is 0 Å². The summed E-state index contributed by atoms with van der Waals surface area (Å²) in [7, 11) is 0. The van der Waals surface area contributed by atoms with E-state index in [2.05, 4.69) is 31.4 Å². The van der Waals surface area contributed by atoms with E-state index in [9.17, 15) is 4.79 Å². The molecule has 0 aliphatic heterocycles. The fourth-order valence-electron chi connectivity index (χ4n) is 2.02. The van der Waals surface area contributed by atoms with Gasteiger partial charge < -0.3 is 5.32 Å². The summed E-state index contributed by atoms with van der Waals surface area (Å²) >= 11 is 5.79. The van der Waals surface area contributed by atoms with Gasteiger partial charge in [-0.3, -0.25) is 15.5 Å². The number of hydrogen-bond donors (Lipinski definition) is 3. The van der Waals surface area contributed by atoms with Crippen LogP contribution in [0, 0.1) is 5.41 Å². The smallest absolute Gasteiger partial charge is 0.257 e. The molecule has 2 aromatic carbocycles. The predicted octanol–water partition coefficient (Wildman–Crippen LogP) is 4.41. The Morgan fingerprint density at radius 1 is 1.00 bits per heavy atom. The molecule has 0 atom stereocenters. The second kappa shape index (κ2) is 6.84. The molecule has 0 saturated heterocycles. The van der Waals surface area contributed by atoms with Crippen LogP contribution in [0.15, 0.2) is 48.5 Å². The van der Waals surface area contributed by atoms with Crippen molar-refractivity contribution in [2.75, 3.05) is 5.32 Å². The maximum atomic E-state index is 12.0. The molecule has 0 radical (unpaired) electrons. The van der Waals surface area contributed by atoms with E-state index in [0.29, 0.717) is 10.6 Å². The summed E-state index contributed by atoms with van der Waals surface area (Å²) in [4.78, 5) is 12.0. The van der Waals surface area contributed by atoms with Gasteiger partial charge in [-0.15, -0.1) is 0 Å². The van der Waals surface area contributed by atoms with E-state index in [1.807, 2.05) is 24.3 Å². The summed E-state index contributed by atoms with van der Waals surface area (Å²) in [5.74, 6) is -0.432. The average molecular weight is 330 g/mol. The molecule has 3 N–H and O–H groups in total. The Bertz CT molecular complexity index is 701. The maximum absolute atomic E-state index is 12.0. The number of hydrogen-bond acceptors (Lipinski definition) is 2. The largest absolute Gasteiger partial charge is 0.326 e. The van der Waals surface area contributed by atoms with Crippen LogP contribution in [0.3, 0.4) is 0 Å². The van der Waals surface area contributed by atoms with Gasteiger partial charge in [0.2, 0.25) is 0 Å². The Morgan fingerprint density at radius 3 is 2.09 bits per heavy atom. The second-order valence-electron chi connectivity index (χ2n) is 6.29. The highest BCUT2D eigenvalue weighted by molar-refractivity contribution is 6.30. The van der Waals surface area contributed by atoms with Gasteiger partial charge in [-0.05, 0) is 47.4 Å². The quantitative estimate of drug-likeness (QED) is 0.564. The molecule has 23 heavy (non-hydrogen) atoms. The molecule has 1 amide bonds. The average Bonchev–Trinajstić information content (AvgIpc) is 2.47. The Morgan fingerprint density at radius 2 is 1.57 bits per heavy atom. The van der Waals surface area contributed by atoms with Gasteiger partial charge in [0.05, 0.1) is 0 Å². The van der Waals surface area contributed by atoms with E-state index in [1.54, 1.807) is 24.3 Å². The van der Waals surface area contributed by atoms with Crippen molar-refractivity contribution in [1.29, 1.82) is 5.41 Å². The van der Waals surface area contributed by atoms with Crippen molar-refractivity contribution < 1.29 is 4.79 Å². The molecule has 0 spiro atoms. The Kier molecular flexibility index (Phi) is 5.06. The fourth-order valence-corrected chi connectivity index (χ4v) is 2.14. The monoisotopic (exact) mass is 329 g/mol. The predicted molar refractivity (Wildman–Crippen MR) is 95.4 cm³/mol. The third kappa shape index (κ3) is 4.83. The summed E-state index contributed by atoms with van der Waals surface area (Å²) in [6, 6.07) is 14.3. The molecule has 0 heterocycles. The zero-order valence-corrected chi connectivity index (χ0v) is 14.2. The fraction of sp³-hybridized carbons (Fsp3) is 0.222. The lowest BCUT2D eigenvalue weighted by Gasteiger charge is -2.19. The lowest BCUT2D eigenvalue weighted by Crippen LogP contribution is -2.35. The Labute approximate surface area is 141 Å². The SMILES string of the molecule is CC(C)(C)c1ccc(NC(=N)NC(=O)c2ccc(Cl)cc2)cc1. The minimum atomic E-state index is -0.356. The number of carbonyl (C=O) groups excluding carboxylic acids is 1. The van der Waals surface area contributed by atoms with Crippen LogP contribution in [0.1, 0.15) is 36.7 Å². The summed E-state index contributed by atoms with van der Waals surface area (Å²) < 4.78 is 0. The first-order chi connectivity index (χ1) is 10.8. The molecule has 5 heteroatoms. The summed E-state index contributed by atoms with van der Waals surface area (Å²) in [5, 5.41) is 13.8. The molecule has 0 unspecified atom stereocenters. The minimum Gasteiger partial charge on any atom is -0.326 e. The zero-order valence-electron chi connectivity index (χ0n) is 13.4. The molecule has 2 rings (SSSR count). The van der Waals surface area contributed by atoms with Gasteiger partial charge in [0.15, 0.2) is 5.96 Å². The molecule has 2 aromatic rings.